The zero-order valence-electron chi connectivity index (χ0n) is 28.0. The molecule has 7 aromatic carbocycles. The Morgan fingerprint density at radius 2 is 0.942 bits per heavy atom. The molecule has 11 aromatic rings. The van der Waals surface area contributed by atoms with Gasteiger partial charge in [-0.25, -0.2) is 15.0 Å². The van der Waals surface area contributed by atoms with E-state index in [0.29, 0.717) is 5.82 Å². The van der Waals surface area contributed by atoms with Crippen molar-refractivity contribution in [3.05, 3.63) is 176 Å². The van der Waals surface area contributed by atoms with Gasteiger partial charge < -0.3 is 4.57 Å². The molecule has 0 amide bonds. The smallest absolute Gasteiger partial charge is 0.160 e. The molecular weight excluding hydrogens is 635 g/mol. The second-order valence-corrected chi connectivity index (χ2v) is 13.3. The summed E-state index contributed by atoms with van der Waals surface area (Å²) in [6.45, 7) is 0. The molecule has 5 heteroatoms. The molecule has 5 nitrogen and oxygen atoms in total. The van der Waals surface area contributed by atoms with Gasteiger partial charge in [0.2, 0.25) is 0 Å². The number of benzene rings is 7. The van der Waals surface area contributed by atoms with Crippen molar-refractivity contribution in [1.82, 2.24) is 23.9 Å². The van der Waals surface area contributed by atoms with Crippen molar-refractivity contribution in [2.75, 3.05) is 0 Å². The van der Waals surface area contributed by atoms with E-state index in [9.17, 15) is 0 Å². The first-order chi connectivity index (χ1) is 25.8. The lowest BCUT2D eigenvalue weighted by Gasteiger charge is -2.13. The standard InChI is InChI=1S/C47H29N5/c1-3-14-30(15-4-1)40-28-41(31-16-5-2-6-17-31)49-46(48-40)32-18-13-19-33(26-32)51-42-24-11-9-21-35(42)38-27-37-34-20-7-8-22-36(34)47-50-39-23-10-12-25-43(39)52(47)45(37)29-44(38)51/h1-29H. The molecule has 0 unspecified atom stereocenters. The number of rotatable bonds is 4. The third-order valence-electron chi connectivity index (χ3n) is 10.3. The summed E-state index contributed by atoms with van der Waals surface area (Å²) in [6, 6.07) is 61.9. The first-order valence-corrected chi connectivity index (χ1v) is 17.5. The fourth-order valence-corrected chi connectivity index (χ4v) is 7.92. The van der Waals surface area contributed by atoms with E-state index >= 15 is 0 Å². The van der Waals surface area contributed by atoms with Gasteiger partial charge in [-0.05, 0) is 53.9 Å². The maximum Gasteiger partial charge on any atom is 0.160 e. The lowest BCUT2D eigenvalue weighted by Crippen LogP contribution is -1.98. The number of hydrogen-bond donors (Lipinski definition) is 0. The van der Waals surface area contributed by atoms with Gasteiger partial charge >= 0.3 is 0 Å². The summed E-state index contributed by atoms with van der Waals surface area (Å²) in [6.07, 6.45) is 0. The summed E-state index contributed by atoms with van der Waals surface area (Å²) in [7, 11) is 0. The molecule has 242 valence electrons. The summed E-state index contributed by atoms with van der Waals surface area (Å²) < 4.78 is 4.71. The fraction of sp³-hybridized carbons (Fsp3) is 0. The third kappa shape index (κ3) is 4.33. The van der Waals surface area contributed by atoms with E-state index in [1.165, 1.54) is 21.5 Å². The molecular formula is C47H29N5. The van der Waals surface area contributed by atoms with Crippen LogP contribution in [0.3, 0.4) is 0 Å². The highest BCUT2D eigenvalue weighted by molar-refractivity contribution is 6.20. The quantitative estimate of drug-likeness (QED) is 0.176. The molecule has 0 aliphatic carbocycles. The summed E-state index contributed by atoms with van der Waals surface area (Å²) in [5.74, 6) is 0.686. The van der Waals surface area contributed by atoms with Gasteiger partial charge in [0, 0.05) is 43.9 Å². The van der Waals surface area contributed by atoms with Crippen molar-refractivity contribution in [3.63, 3.8) is 0 Å². The molecule has 52 heavy (non-hydrogen) atoms. The number of hydrogen-bond acceptors (Lipinski definition) is 3. The molecule has 0 atom stereocenters. The molecule has 0 bridgehead atoms. The zero-order chi connectivity index (χ0) is 34.2. The highest BCUT2D eigenvalue weighted by atomic mass is 15.0. The number of aromatic nitrogens is 5. The summed E-state index contributed by atoms with van der Waals surface area (Å²) in [5.41, 5.74) is 12.3. The van der Waals surface area contributed by atoms with E-state index < -0.39 is 0 Å². The topological polar surface area (TPSA) is 48.0 Å². The number of fused-ring (bicyclic) bond motifs is 11. The van der Waals surface area contributed by atoms with Crippen LogP contribution in [-0.2, 0) is 0 Å². The van der Waals surface area contributed by atoms with Gasteiger partial charge in [-0.3, -0.25) is 4.40 Å². The second kappa shape index (κ2) is 11.2. The van der Waals surface area contributed by atoms with E-state index in [4.69, 9.17) is 15.0 Å². The summed E-state index contributed by atoms with van der Waals surface area (Å²) >= 11 is 0. The molecule has 4 heterocycles. The predicted octanol–water partition coefficient (Wildman–Crippen LogP) is 11.7. The number of para-hydroxylation sites is 3. The largest absolute Gasteiger partial charge is 0.309 e. The van der Waals surface area contributed by atoms with E-state index in [-0.39, 0.29) is 0 Å². The Hall–Kier alpha value is -7.11. The van der Waals surface area contributed by atoms with Crippen LogP contribution in [0.5, 0.6) is 0 Å². The van der Waals surface area contributed by atoms with Crippen LogP contribution in [0.2, 0.25) is 0 Å². The molecule has 11 rings (SSSR count). The molecule has 0 spiro atoms. The van der Waals surface area contributed by atoms with Gasteiger partial charge in [0.05, 0.1) is 39.0 Å². The minimum Gasteiger partial charge on any atom is -0.309 e. The maximum atomic E-state index is 5.14. The fourth-order valence-electron chi connectivity index (χ4n) is 7.92. The third-order valence-corrected chi connectivity index (χ3v) is 10.3. The van der Waals surface area contributed by atoms with E-state index in [1.54, 1.807) is 0 Å². The van der Waals surface area contributed by atoms with Crippen LogP contribution >= 0.6 is 0 Å². The van der Waals surface area contributed by atoms with Gasteiger partial charge in [-0.1, -0.05) is 127 Å². The van der Waals surface area contributed by atoms with Gasteiger partial charge in [0.25, 0.3) is 0 Å². The normalized spacial score (nSPS) is 11.8. The lowest BCUT2D eigenvalue weighted by atomic mass is 10.0. The highest BCUT2D eigenvalue weighted by Crippen LogP contribution is 2.39. The first-order valence-electron chi connectivity index (χ1n) is 17.5. The van der Waals surface area contributed by atoms with E-state index in [2.05, 4.69) is 173 Å². The van der Waals surface area contributed by atoms with Crippen molar-refractivity contribution in [3.8, 4) is 39.6 Å². The van der Waals surface area contributed by atoms with Gasteiger partial charge in [-0.15, -0.1) is 0 Å². The SMILES string of the molecule is c1ccc(-c2cc(-c3ccccc3)nc(-c3cccc(-n4c5ccccc5c5cc6c7ccccc7c7nc8ccccc8n7c6cc54)c3)n2)cc1. The summed E-state index contributed by atoms with van der Waals surface area (Å²) in [5, 5.41) is 5.96. The van der Waals surface area contributed by atoms with Crippen LogP contribution < -0.4 is 0 Å². The van der Waals surface area contributed by atoms with Crippen LogP contribution in [0.15, 0.2) is 176 Å². The first kappa shape index (κ1) is 28.7. The Bertz CT molecular complexity index is 3120. The Labute approximate surface area is 298 Å². The molecule has 0 radical (unpaired) electrons. The monoisotopic (exact) mass is 663 g/mol. The maximum absolute atomic E-state index is 5.14. The van der Waals surface area contributed by atoms with Crippen molar-refractivity contribution >= 4 is 60.2 Å². The van der Waals surface area contributed by atoms with Gasteiger partial charge in [0.1, 0.15) is 5.65 Å². The van der Waals surface area contributed by atoms with Crippen LogP contribution in [0.4, 0.5) is 0 Å². The van der Waals surface area contributed by atoms with Crippen molar-refractivity contribution < 1.29 is 0 Å². The van der Waals surface area contributed by atoms with Gasteiger partial charge in [-0.2, -0.15) is 0 Å². The number of pyridine rings is 1. The molecule has 0 saturated carbocycles. The number of nitrogens with zero attached hydrogens (tertiary/aromatic N) is 5. The molecule has 0 aliphatic heterocycles. The Balaban J connectivity index is 1.19. The Morgan fingerprint density at radius 1 is 0.346 bits per heavy atom. The lowest BCUT2D eigenvalue weighted by molar-refractivity contribution is 1.16. The van der Waals surface area contributed by atoms with Crippen LogP contribution in [0.1, 0.15) is 0 Å². The van der Waals surface area contributed by atoms with Crippen LogP contribution in [0, 0.1) is 0 Å². The van der Waals surface area contributed by atoms with Crippen molar-refractivity contribution in [2.45, 2.75) is 0 Å². The average molecular weight is 664 g/mol. The second-order valence-electron chi connectivity index (χ2n) is 13.3. The zero-order valence-corrected chi connectivity index (χ0v) is 28.0. The van der Waals surface area contributed by atoms with E-state index in [0.717, 1.165) is 72.4 Å². The summed E-state index contributed by atoms with van der Waals surface area (Å²) in [4.78, 5) is 15.4. The van der Waals surface area contributed by atoms with E-state index in [1.807, 2.05) is 12.1 Å². The number of imidazole rings is 1. The van der Waals surface area contributed by atoms with Gasteiger partial charge in [0.15, 0.2) is 5.82 Å². The predicted molar refractivity (Wildman–Crippen MR) is 214 cm³/mol. The molecule has 0 N–H and O–H groups in total. The van der Waals surface area contributed by atoms with Crippen molar-refractivity contribution in [1.29, 1.82) is 0 Å². The molecule has 0 aliphatic rings. The average Bonchev–Trinajstić information content (AvgIpc) is 3.77. The molecule has 0 fully saturated rings. The van der Waals surface area contributed by atoms with Crippen LogP contribution in [-0.4, -0.2) is 23.9 Å². The Morgan fingerprint density at radius 3 is 1.69 bits per heavy atom. The molecule has 4 aromatic heterocycles. The highest BCUT2D eigenvalue weighted by Gasteiger charge is 2.19. The van der Waals surface area contributed by atoms with Crippen molar-refractivity contribution in [2.24, 2.45) is 0 Å². The Kier molecular flexibility index (Phi) is 6.18. The molecule has 0 saturated heterocycles. The minimum atomic E-state index is 0.686. The van der Waals surface area contributed by atoms with Crippen LogP contribution in [0.25, 0.3) is 99.8 Å². The minimum absolute atomic E-state index is 0.686.